The van der Waals surface area contributed by atoms with Gasteiger partial charge in [0.15, 0.2) is 4.77 Å². The monoisotopic (exact) mass is 459 g/mol. The van der Waals surface area contributed by atoms with Crippen molar-refractivity contribution >= 4 is 55.7 Å². The topological polar surface area (TPSA) is 97.9 Å². The first-order valence-corrected chi connectivity index (χ1v) is 9.39. The molecule has 0 radical (unpaired) electrons. The van der Waals surface area contributed by atoms with E-state index in [1.807, 2.05) is 6.07 Å². The first-order valence-electron chi connectivity index (χ1n) is 6.36. The van der Waals surface area contributed by atoms with Crippen molar-refractivity contribution in [2.75, 3.05) is 0 Å². The molecule has 3 N–H and O–H groups in total. The molecule has 6 nitrogen and oxygen atoms in total. The van der Waals surface area contributed by atoms with Gasteiger partial charge in [0.2, 0.25) is 10.0 Å². The van der Waals surface area contributed by atoms with E-state index in [-0.39, 0.29) is 15.2 Å². The molecule has 2 aromatic carbocycles. The van der Waals surface area contributed by atoms with Gasteiger partial charge in [0.1, 0.15) is 0 Å². The summed E-state index contributed by atoms with van der Waals surface area (Å²) in [6.07, 6.45) is 0. The van der Waals surface area contributed by atoms with Crippen molar-refractivity contribution in [3.05, 3.63) is 61.2 Å². The normalized spacial score (nSPS) is 11.7. The Hall–Kier alpha value is -1.56. The molecule has 0 fully saturated rings. The largest absolute Gasteiger partial charge is 0.330 e. The van der Waals surface area contributed by atoms with Crippen LogP contribution >= 0.6 is 34.8 Å². The van der Waals surface area contributed by atoms with Crippen LogP contribution in [0.5, 0.6) is 0 Å². The van der Waals surface area contributed by atoms with Crippen LogP contribution in [0, 0.1) is 8.34 Å². The van der Waals surface area contributed by atoms with Crippen molar-refractivity contribution in [1.82, 2.24) is 9.55 Å². The second-order valence-corrected chi connectivity index (χ2v) is 7.88. The molecule has 23 heavy (non-hydrogen) atoms. The minimum atomic E-state index is -3.78. The van der Waals surface area contributed by atoms with Crippen molar-refractivity contribution in [3.8, 4) is 5.69 Å². The summed E-state index contributed by atoms with van der Waals surface area (Å²) < 4.78 is 25.1. The first kappa shape index (κ1) is 16.3. The van der Waals surface area contributed by atoms with Crippen LogP contribution in [0.15, 0.2) is 52.2 Å². The van der Waals surface area contributed by atoms with Crippen molar-refractivity contribution in [2.45, 2.75) is 4.90 Å². The fourth-order valence-corrected chi connectivity index (χ4v) is 3.66. The number of rotatable bonds is 2. The van der Waals surface area contributed by atoms with Gasteiger partial charge in [-0.15, -0.1) is 0 Å². The number of para-hydroxylation sites is 1. The van der Waals surface area contributed by atoms with E-state index in [9.17, 15) is 13.2 Å². The van der Waals surface area contributed by atoms with Gasteiger partial charge in [-0.3, -0.25) is 9.36 Å². The summed E-state index contributed by atoms with van der Waals surface area (Å²) in [6, 6.07) is 11.0. The van der Waals surface area contributed by atoms with Gasteiger partial charge >= 0.3 is 0 Å². The molecule has 0 aliphatic rings. The van der Waals surface area contributed by atoms with Crippen LogP contribution in [0.4, 0.5) is 0 Å². The number of fused-ring (bicyclic) bond motifs is 1. The minimum absolute atomic E-state index is 0.0282. The van der Waals surface area contributed by atoms with E-state index in [4.69, 9.17) is 17.4 Å². The second kappa shape index (κ2) is 5.82. The Morgan fingerprint density at radius 3 is 2.39 bits per heavy atom. The van der Waals surface area contributed by atoms with E-state index in [0.717, 1.165) is 3.57 Å². The lowest BCUT2D eigenvalue weighted by Gasteiger charge is -2.09. The molecule has 0 amide bonds. The Morgan fingerprint density at radius 2 is 1.78 bits per heavy atom. The molecule has 0 atom stereocenters. The van der Waals surface area contributed by atoms with Crippen molar-refractivity contribution < 1.29 is 8.42 Å². The number of aromatic amines is 1. The van der Waals surface area contributed by atoms with Crippen LogP contribution in [0.1, 0.15) is 0 Å². The minimum Gasteiger partial charge on any atom is -0.330 e. The van der Waals surface area contributed by atoms with Crippen LogP contribution in [0.2, 0.25) is 0 Å². The Bertz CT molecular complexity index is 1130. The van der Waals surface area contributed by atoms with Crippen molar-refractivity contribution in [1.29, 1.82) is 0 Å². The van der Waals surface area contributed by atoms with Crippen molar-refractivity contribution in [3.63, 3.8) is 0 Å². The van der Waals surface area contributed by atoms with Gasteiger partial charge in [-0.25, -0.2) is 13.6 Å². The molecule has 0 saturated heterocycles. The van der Waals surface area contributed by atoms with Gasteiger partial charge in [-0.05, 0) is 71.2 Å². The maximum Gasteiger partial charge on any atom is 0.266 e. The Kier molecular flexibility index (Phi) is 4.12. The number of benzene rings is 2. The maximum atomic E-state index is 12.7. The standard InChI is InChI=1S/C14H10IN3O3S2/c15-11-3-1-2-10-12(11)17-14(22)18(13(10)19)8-4-6-9(7-5-8)23(16,20)21/h1-7H,(H,17,22)(H2,16,20,21). The Labute approximate surface area is 150 Å². The highest BCUT2D eigenvalue weighted by atomic mass is 127. The zero-order valence-corrected chi connectivity index (χ0v) is 15.3. The highest BCUT2D eigenvalue weighted by Gasteiger charge is 2.11. The van der Waals surface area contributed by atoms with E-state index in [2.05, 4.69) is 27.6 Å². The molecule has 118 valence electrons. The summed E-state index contributed by atoms with van der Waals surface area (Å²) in [5.41, 5.74) is 0.871. The van der Waals surface area contributed by atoms with Crippen LogP contribution in [0.25, 0.3) is 16.6 Å². The number of sulfonamides is 1. The van der Waals surface area contributed by atoms with E-state index >= 15 is 0 Å². The van der Waals surface area contributed by atoms with Gasteiger partial charge in [0.05, 0.1) is 21.5 Å². The van der Waals surface area contributed by atoms with Gasteiger partial charge < -0.3 is 4.98 Å². The van der Waals surface area contributed by atoms with E-state index in [1.165, 1.54) is 28.8 Å². The fourth-order valence-electron chi connectivity index (χ4n) is 2.22. The lowest BCUT2D eigenvalue weighted by molar-refractivity contribution is 0.598. The third kappa shape index (κ3) is 2.96. The molecule has 9 heteroatoms. The quantitative estimate of drug-likeness (QED) is 0.454. The number of nitrogens with two attached hydrogens (primary N) is 1. The molecule has 1 heterocycles. The van der Waals surface area contributed by atoms with Crippen molar-refractivity contribution in [2.24, 2.45) is 5.14 Å². The third-order valence-electron chi connectivity index (χ3n) is 3.31. The zero-order valence-electron chi connectivity index (χ0n) is 11.5. The number of halogens is 1. The zero-order chi connectivity index (χ0) is 16.8. The molecule has 0 aliphatic heterocycles. The summed E-state index contributed by atoms with van der Waals surface area (Å²) in [7, 11) is -3.78. The first-order chi connectivity index (χ1) is 10.8. The number of hydrogen-bond donors (Lipinski definition) is 2. The van der Waals surface area contributed by atoms with Crippen LogP contribution in [0.3, 0.4) is 0 Å². The maximum absolute atomic E-state index is 12.7. The number of H-pyrrole nitrogens is 1. The Morgan fingerprint density at radius 1 is 1.13 bits per heavy atom. The summed E-state index contributed by atoms with van der Waals surface area (Å²) in [6.45, 7) is 0. The summed E-state index contributed by atoms with van der Waals surface area (Å²) in [5, 5.41) is 5.57. The number of nitrogens with zero attached hydrogens (tertiary/aromatic N) is 1. The van der Waals surface area contributed by atoms with Gasteiger partial charge in [0, 0.05) is 3.57 Å². The molecule has 3 rings (SSSR count). The smallest absolute Gasteiger partial charge is 0.266 e. The SMILES string of the molecule is NS(=O)(=O)c1ccc(-n2c(=S)[nH]c3c(I)cccc3c2=O)cc1. The molecule has 1 aromatic heterocycles. The molecular formula is C14H10IN3O3S2. The third-order valence-corrected chi connectivity index (χ3v) is 5.42. The molecule has 0 spiro atoms. The van der Waals surface area contributed by atoms with Crippen LogP contribution in [-0.4, -0.2) is 18.0 Å². The van der Waals surface area contributed by atoms with Gasteiger partial charge in [-0.2, -0.15) is 0 Å². The average molecular weight is 459 g/mol. The predicted octanol–water partition coefficient (Wildman–Crippen LogP) is 2.30. The van der Waals surface area contributed by atoms with Crippen LogP contribution < -0.4 is 10.7 Å². The molecule has 3 aromatic rings. The lowest BCUT2D eigenvalue weighted by atomic mass is 10.2. The molecule has 0 unspecified atom stereocenters. The summed E-state index contributed by atoms with van der Waals surface area (Å²) in [4.78, 5) is 15.7. The summed E-state index contributed by atoms with van der Waals surface area (Å²) >= 11 is 7.40. The highest BCUT2D eigenvalue weighted by Crippen LogP contribution is 2.17. The molecule has 0 saturated carbocycles. The molecular weight excluding hydrogens is 449 g/mol. The van der Waals surface area contributed by atoms with Gasteiger partial charge in [0.25, 0.3) is 5.56 Å². The van der Waals surface area contributed by atoms with Gasteiger partial charge in [-0.1, -0.05) is 6.07 Å². The van der Waals surface area contributed by atoms with Crippen LogP contribution in [-0.2, 0) is 10.0 Å². The molecule has 0 bridgehead atoms. The number of nitrogens with one attached hydrogen (secondary N) is 1. The number of primary sulfonamides is 1. The number of hydrogen-bond acceptors (Lipinski definition) is 4. The van der Waals surface area contributed by atoms with E-state index in [1.54, 1.807) is 12.1 Å². The average Bonchev–Trinajstić information content (AvgIpc) is 2.48. The predicted molar refractivity (Wildman–Crippen MR) is 98.8 cm³/mol. The Balaban J connectivity index is 2.29. The fraction of sp³-hybridized carbons (Fsp3) is 0. The van der Waals surface area contributed by atoms with E-state index < -0.39 is 10.0 Å². The summed E-state index contributed by atoms with van der Waals surface area (Å²) in [5.74, 6) is 0. The molecule has 0 aliphatic carbocycles. The number of aromatic nitrogens is 2. The lowest BCUT2D eigenvalue weighted by Crippen LogP contribution is -2.21. The van der Waals surface area contributed by atoms with E-state index in [0.29, 0.717) is 16.6 Å². The second-order valence-electron chi connectivity index (χ2n) is 4.77. The highest BCUT2D eigenvalue weighted by molar-refractivity contribution is 14.1.